The van der Waals surface area contributed by atoms with Crippen molar-refractivity contribution in [1.82, 2.24) is 15.5 Å². The second-order valence-electron chi connectivity index (χ2n) is 5.84. The maximum Gasteiger partial charge on any atom is 0.123 e. The minimum absolute atomic E-state index is 0.588. The van der Waals surface area contributed by atoms with Crippen molar-refractivity contribution in [1.29, 1.82) is 0 Å². The summed E-state index contributed by atoms with van der Waals surface area (Å²) >= 11 is 0. The predicted octanol–water partition coefficient (Wildman–Crippen LogP) is 3.56. The fourth-order valence-corrected chi connectivity index (χ4v) is 2.57. The zero-order chi connectivity index (χ0) is 17.5. The molecule has 1 aromatic heterocycles. The van der Waals surface area contributed by atoms with E-state index in [9.17, 15) is 0 Å². The fourth-order valence-electron chi connectivity index (χ4n) is 2.57. The molecule has 2 N–H and O–H groups in total. The van der Waals surface area contributed by atoms with Crippen molar-refractivity contribution >= 4 is 0 Å². The molecule has 1 heterocycles. The average Bonchev–Trinajstić information content (AvgIpc) is 3.11. The number of nitrogens with zero attached hydrogens (tertiary/aromatic N) is 1. The van der Waals surface area contributed by atoms with Gasteiger partial charge in [-0.2, -0.15) is 5.10 Å². The first-order valence-corrected chi connectivity index (χ1v) is 8.33. The van der Waals surface area contributed by atoms with Gasteiger partial charge in [0, 0.05) is 24.7 Å². The van der Waals surface area contributed by atoms with Crippen LogP contribution in [0, 0.1) is 6.92 Å². The van der Waals surface area contributed by atoms with Crippen molar-refractivity contribution < 1.29 is 9.47 Å². The number of ether oxygens (including phenoxy) is 2. The number of H-pyrrole nitrogens is 1. The number of hydrogen-bond donors (Lipinski definition) is 2. The molecular weight excluding hydrogens is 314 g/mol. The fraction of sp³-hybridized carbons (Fsp3) is 0.250. The molecule has 0 amide bonds. The van der Waals surface area contributed by atoms with Crippen LogP contribution < -0.4 is 14.8 Å². The van der Waals surface area contributed by atoms with Crippen LogP contribution in [-0.2, 0) is 6.54 Å². The summed E-state index contributed by atoms with van der Waals surface area (Å²) in [5.41, 5.74) is 4.59. The SMILES string of the molecule is COc1cccc(OCCNCc2cn[nH]c2-c2ccc(C)cc2)c1. The van der Waals surface area contributed by atoms with Crippen LogP contribution in [0.1, 0.15) is 11.1 Å². The van der Waals surface area contributed by atoms with E-state index < -0.39 is 0 Å². The molecule has 0 saturated carbocycles. The first kappa shape index (κ1) is 17.0. The highest BCUT2D eigenvalue weighted by Crippen LogP contribution is 2.21. The summed E-state index contributed by atoms with van der Waals surface area (Å²) in [5.74, 6) is 1.61. The molecule has 2 aromatic carbocycles. The standard InChI is InChI=1S/C20H23N3O2/c1-15-6-8-16(9-7-15)20-17(14-22-23-20)13-21-10-11-25-19-5-3-4-18(12-19)24-2/h3-9,12,14,21H,10-11,13H2,1-2H3,(H,22,23). The molecule has 0 fully saturated rings. The van der Waals surface area contributed by atoms with E-state index in [2.05, 4.69) is 46.7 Å². The number of hydrogen-bond acceptors (Lipinski definition) is 4. The van der Waals surface area contributed by atoms with Gasteiger partial charge in [0.25, 0.3) is 0 Å². The molecule has 0 atom stereocenters. The Kier molecular flexibility index (Phi) is 5.69. The highest BCUT2D eigenvalue weighted by atomic mass is 16.5. The van der Waals surface area contributed by atoms with Crippen LogP contribution in [0.4, 0.5) is 0 Å². The lowest BCUT2D eigenvalue weighted by Gasteiger charge is -2.09. The van der Waals surface area contributed by atoms with Crippen LogP contribution in [0.3, 0.4) is 0 Å². The van der Waals surface area contributed by atoms with Crippen LogP contribution in [0.2, 0.25) is 0 Å². The molecule has 0 aliphatic carbocycles. The Morgan fingerprint density at radius 2 is 1.88 bits per heavy atom. The third kappa shape index (κ3) is 4.61. The first-order chi connectivity index (χ1) is 12.3. The summed E-state index contributed by atoms with van der Waals surface area (Å²) in [6.07, 6.45) is 1.87. The van der Waals surface area contributed by atoms with E-state index in [1.165, 1.54) is 5.56 Å². The van der Waals surface area contributed by atoms with E-state index in [1.54, 1.807) is 7.11 Å². The van der Waals surface area contributed by atoms with Crippen molar-refractivity contribution in [2.45, 2.75) is 13.5 Å². The van der Waals surface area contributed by atoms with Gasteiger partial charge in [0.2, 0.25) is 0 Å². The number of aromatic amines is 1. The van der Waals surface area contributed by atoms with E-state index >= 15 is 0 Å². The molecule has 0 spiro atoms. The number of methoxy groups -OCH3 is 1. The minimum Gasteiger partial charge on any atom is -0.497 e. The summed E-state index contributed by atoms with van der Waals surface area (Å²) < 4.78 is 10.9. The molecular formula is C20H23N3O2. The van der Waals surface area contributed by atoms with Crippen LogP contribution in [-0.4, -0.2) is 30.5 Å². The maximum atomic E-state index is 5.73. The van der Waals surface area contributed by atoms with Crippen molar-refractivity contribution in [3.63, 3.8) is 0 Å². The largest absolute Gasteiger partial charge is 0.497 e. The topological polar surface area (TPSA) is 59.2 Å². The monoisotopic (exact) mass is 337 g/mol. The third-order valence-electron chi connectivity index (χ3n) is 3.96. The molecule has 0 aliphatic rings. The molecule has 0 radical (unpaired) electrons. The zero-order valence-corrected chi connectivity index (χ0v) is 14.6. The van der Waals surface area contributed by atoms with E-state index in [4.69, 9.17) is 9.47 Å². The highest BCUT2D eigenvalue weighted by Gasteiger charge is 2.07. The van der Waals surface area contributed by atoms with Gasteiger partial charge in [0.15, 0.2) is 0 Å². The number of nitrogens with one attached hydrogen (secondary N) is 2. The van der Waals surface area contributed by atoms with Gasteiger partial charge in [-0.15, -0.1) is 0 Å². The number of aryl methyl sites for hydroxylation is 1. The van der Waals surface area contributed by atoms with Gasteiger partial charge in [-0.25, -0.2) is 0 Å². The molecule has 0 unspecified atom stereocenters. The van der Waals surface area contributed by atoms with Crippen molar-refractivity contribution in [3.05, 3.63) is 65.9 Å². The Balaban J connectivity index is 1.48. The van der Waals surface area contributed by atoms with Crippen molar-refractivity contribution in [2.24, 2.45) is 0 Å². The second-order valence-corrected chi connectivity index (χ2v) is 5.84. The van der Waals surface area contributed by atoms with Crippen molar-refractivity contribution in [2.75, 3.05) is 20.3 Å². The smallest absolute Gasteiger partial charge is 0.123 e. The highest BCUT2D eigenvalue weighted by molar-refractivity contribution is 5.62. The molecule has 3 aromatic rings. The van der Waals surface area contributed by atoms with Gasteiger partial charge >= 0.3 is 0 Å². The Labute approximate surface area is 148 Å². The average molecular weight is 337 g/mol. The lowest BCUT2D eigenvalue weighted by atomic mass is 10.1. The van der Waals surface area contributed by atoms with Crippen molar-refractivity contribution in [3.8, 4) is 22.8 Å². The third-order valence-corrected chi connectivity index (χ3v) is 3.96. The van der Waals surface area contributed by atoms with E-state index in [0.717, 1.165) is 41.4 Å². The van der Waals surface area contributed by atoms with E-state index in [1.807, 2.05) is 30.5 Å². The van der Waals surface area contributed by atoms with Gasteiger partial charge in [0.1, 0.15) is 18.1 Å². The summed E-state index contributed by atoms with van der Waals surface area (Å²) in [6.45, 7) is 4.16. The van der Waals surface area contributed by atoms with Gasteiger partial charge in [0.05, 0.1) is 19.0 Å². The molecule has 3 rings (SSSR count). The van der Waals surface area contributed by atoms with Gasteiger partial charge in [-0.3, -0.25) is 5.10 Å². The molecule has 0 aliphatic heterocycles. The summed E-state index contributed by atoms with van der Waals surface area (Å²) in [4.78, 5) is 0. The van der Waals surface area contributed by atoms with E-state index in [0.29, 0.717) is 6.61 Å². The van der Waals surface area contributed by atoms with Gasteiger partial charge in [-0.05, 0) is 24.6 Å². The summed E-state index contributed by atoms with van der Waals surface area (Å²) in [5, 5.41) is 10.7. The Hall–Kier alpha value is -2.79. The van der Waals surface area contributed by atoms with Gasteiger partial charge in [-0.1, -0.05) is 35.9 Å². The Bertz CT molecular complexity index is 797. The first-order valence-electron chi connectivity index (χ1n) is 8.33. The summed E-state index contributed by atoms with van der Waals surface area (Å²) in [6, 6.07) is 16.1. The second kappa shape index (κ2) is 8.35. The minimum atomic E-state index is 0.588. The van der Waals surface area contributed by atoms with Crippen LogP contribution in [0.25, 0.3) is 11.3 Å². The molecule has 130 valence electrons. The van der Waals surface area contributed by atoms with Crippen LogP contribution in [0.5, 0.6) is 11.5 Å². The van der Waals surface area contributed by atoms with Crippen LogP contribution >= 0.6 is 0 Å². The number of benzene rings is 2. The Morgan fingerprint density at radius 3 is 2.68 bits per heavy atom. The molecule has 5 nitrogen and oxygen atoms in total. The summed E-state index contributed by atoms with van der Waals surface area (Å²) in [7, 11) is 1.65. The molecule has 5 heteroatoms. The maximum absolute atomic E-state index is 5.73. The Morgan fingerprint density at radius 1 is 1.08 bits per heavy atom. The zero-order valence-electron chi connectivity index (χ0n) is 14.6. The van der Waals surface area contributed by atoms with Crippen LogP contribution in [0.15, 0.2) is 54.7 Å². The quantitative estimate of drug-likeness (QED) is 0.617. The predicted molar refractivity (Wildman–Crippen MR) is 99.0 cm³/mol. The lowest BCUT2D eigenvalue weighted by molar-refractivity contribution is 0.311. The lowest BCUT2D eigenvalue weighted by Crippen LogP contribution is -2.20. The molecule has 0 saturated heterocycles. The van der Waals surface area contributed by atoms with Gasteiger partial charge < -0.3 is 14.8 Å². The number of aromatic nitrogens is 2. The molecule has 0 bridgehead atoms. The normalized spacial score (nSPS) is 10.6. The van der Waals surface area contributed by atoms with E-state index in [-0.39, 0.29) is 0 Å². The number of rotatable bonds is 8. The molecule has 25 heavy (non-hydrogen) atoms.